The molecule has 2 fully saturated rings. The van der Waals surface area contributed by atoms with Gasteiger partial charge in [-0.15, -0.1) is 0 Å². The summed E-state index contributed by atoms with van der Waals surface area (Å²) in [5, 5.41) is 6.14. The predicted molar refractivity (Wildman–Crippen MR) is 145 cm³/mol. The van der Waals surface area contributed by atoms with Gasteiger partial charge < -0.3 is 21.1 Å². The Morgan fingerprint density at radius 2 is 1.62 bits per heavy atom. The molecule has 0 saturated heterocycles. The first-order chi connectivity index (χ1) is 17.9. The van der Waals surface area contributed by atoms with Crippen LogP contribution in [0.25, 0.3) is 0 Å². The summed E-state index contributed by atoms with van der Waals surface area (Å²) in [4.78, 5) is 41.9. The first-order valence-corrected chi connectivity index (χ1v) is 14.0. The van der Waals surface area contributed by atoms with Crippen molar-refractivity contribution in [1.82, 2.24) is 15.0 Å². The molecule has 2 aliphatic carbocycles. The van der Waals surface area contributed by atoms with Gasteiger partial charge in [-0.3, -0.25) is 19.3 Å². The summed E-state index contributed by atoms with van der Waals surface area (Å²) in [7, 11) is 1.57. The number of nitrogen functional groups attached to an aromatic ring is 1. The van der Waals surface area contributed by atoms with Crippen LogP contribution in [0.5, 0.6) is 5.75 Å². The standard InChI is InChI=1S/C27H37N5O4S/c1-3-21(25(33)29-17-11-7-8-12-17)32(19-13-15-20(36-2)16-14-19)27(35)24-22(28)23(31-37-24)26(34)30-18-9-5-4-6-10-18/h13-18,21H,3-12,28H2,1-2H3,(H,29,33)(H,30,34)/t21-/m0/s1. The van der Waals surface area contributed by atoms with Crippen molar-refractivity contribution < 1.29 is 19.1 Å². The van der Waals surface area contributed by atoms with Crippen LogP contribution in [0.4, 0.5) is 11.4 Å². The van der Waals surface area contributed by atoms with Crippen molar-refractivity contribution in [3.63, 3.8) is 0 Å². The summed E-state index contributed by atoms with van der Waals surface area (Å²) in [6, 6.07) is 6.46. The van der Waals surface area contributed by atoms with E-state index in [4.69, 9.17) is 10.5 Å². The fourth-order valence-electron chi connectivity index (χ4n) is 5.26. The minimum atomic E-state index is -0.748. The number of nitrogens with zero attached hydrogens (tertiary/aromatic N) is 2. The molecule has 0 bridgehead atoms. The fourth-order valence-corrected chi connectivity index (χ4v) is 5.99. The Morgan fingerprint density at radius 3 is 2.22 bits per heavy atom. The summed E-state index contributed by atoms with van der Waals surface area (Å²) >= 11 is 0.894. The van der Waals surface area contributed by atoms with Gasteiger partial charge in [0.2, 0.25) is 5.91 Å². The largest absolute Gasteiger partial charge is 0.497 e. The SMILES string of the molecule is CC[C@@H](C(=O)NC1CCCC1)N(C(=O)c1snc(C(=O)NC2CCCCC2)c1N)c1ccc(OC)cc1. The monoisotopic (exact) mass is 527 g/mol. The maximum atomic E-state index is 14.0. The summed E-state index contributed by atoms with van der Waals surface area (Å²) in [6.07, 6.45) is 9.68. The summed E-state index contributed by atoms with van der Waals surface area (Å²) in [5.41, 5.74) is 7.00. The minimum Gasteiger partial charge on any atom is -0.497 e. The zero-order valence-electron chi connectivity index (χ0n) is 21.6. The third-order valence-corrected chi connectivity index (χ3v) is 8.20. The Labute approximate surface area is 222 Å². The number of hydrogen-bond acceptors (Lipinski definition) is 7. The Morgan fingerprint density at radius 1 is 1.03 bits per heavy atom. The van der Waals surface area contributed by atoms with Crippen molar-refractivity contribution in [1.29, 1.82) is 0 Å². The third kappa shape index (κ3) is 6.23. The van der Waals surface area contributed by atoms with Crippen LogP contribution >= 0.6 is 11.5 Å². The van der Waals surface area contributed by atoms with E-state index in [0.29, 0.717) is 17.9 Å². The van der Waals surface area contributed by atoms with Crippen LogP contribution in [0, 0.1) is 0 Å². The van der Waals surface area contributed by atoms with Crippen molar-refractivity contribution >= 4 is 40.6 Å². The molecule has 2 aromatic rings. The van der Waals surface area contributed by atoms with Gasteiger partial charge in [-0.1, -0.05) is 39.0 Å². The van der Waals surface area contributed by atoms with E-state index in [1.54, 1.807) is 31.4 Å². The molecule has 200 valence electrons. The minimum absolute atomic E-state index is 0.0490. The van der Waals surface area contributed by atoms with Crippen LogP contribution in [0.1, 0.15) is 91.3 Å². The second-order valence-corrected chi connectivity index (χ2v) is 10.6. The number of carbonyl (C=O) groups is 3. The zero-order valence-corrected chi connectivity index (χ0v) is 22.4. The van der Waals surface area contributed by atoms with Gasteiger partial charge in [-0.05, 0) is 67.9 Å². The molecule has 0 spiro atoms. The van der Waals surface area contributed by atoms with Crippen molar-refractivity contribution in [3.8, 4) is 5.75 Å². The molecular weight excluding hydrogens is 490 g/mol. The quantitative estimate of drug-likeness (QED) is 0.447. The molecule has 1 heterocycles. The van der Waals surface area contributed by atoms with Crippen LogP contribution in [0.15, 0.2) is 24.3 Å². The highest BCUT2D eigenvalue weighted by Gasteiger charge is 2.35. The van der Waals surface area contributed by atoms with Crippen LogP contribution < -0.4 is 26.0 Å². The highest BCUT2D eigenvalue weighted by Crippen LogP contribution is 2.30. The molecule has 3 amide bonds. The number of methoxy groups -OCH3 is 1. The molecule has 2 saturated carbocycles. The van der Waals surface area contributed by atoms with E-state index in [9.17, 15) is 14.4 Å². The summed E-state index contributed by atoms with van der Waals surface area (Å²) in [6.45, 7) is 1.88. The van der Waals surface area contributed by atoms with Gasteiger partial charge in [0.1, 0.15) is 16.7 Å². The average molecular weight is 528 g/mol. The smallest absolute Gasteiger partial charge is 0.273 e. The third-order valence-electron chi connectivity index (χ3n) is 7.35. The fraction of sp³-hybridized carbons (Fsp3) is 0.556. The topological polar surface area (TPSA) is 127 Å². The summed E-state index contributed by atoms with van der Waals surface area (Å²) < 4.78 is 9.53. The molecule has 2 aliphatic rings. The van der Waals surface area contributed by atoms with Crippen LogP contribution in [-0.4, -0.2) is 47.3 Å². The number of nitrogens with two attached hydrogens (primary N) is 1. The number of benzene rings is 1. The molecule has 0 unspecified atom stereocenters. The molecule has 1 aromatic carbocycles. The Hall–Kier alpha value is -3.14. The molecule has 10 heteroatoms. The van der Waals surface area contributed by atoms with E-state index in [0.717, 1.165) is 62.9 Å². The lowest BCUT2D eigenvalue weighted by Crippen LogP contribution is -2.51. The lowest BCUT2D eigenvalue weighted by Gasteiger charge is -2.31. The predicted octanol–water partition coefficient (Wildman–Crippen LogP) is 4.28. The Bertz CT molecular complexity index is 1090. The van der Waals surface area contributed by atoms with Gasteiger partial charge >= 0.3 is 0 Å². The van der Waals surface area contributed by atoms with Gasteiger partial charge in [0.25, 0.3) is 11.8 Å². The summed E-state index contributed by atoms with van der Waals surface area (Å²) in [5.74, 6) is -0.373. The van der Waals surface area contributed by atoms with Crippen LogP contribution in [0.2, 0.25) is 0 Å². The maximum absolute atomic E-state index is 14.0. The first kappa shape index (κ1) is 26.9. The lowest BCUT2D eigenvalue weighted by atomic mass is 9.95. The number of rotatable bonds is 9. The van der Waals surface area contributed by atoms with E-state index in [-0.39, 0.29) is 40.2 Å². The van der Waals surface area contributed by atoms with Gasteiger partial charge in [0.05, 0.1) is 12.8 Å². The van der Waals surface area contributed by atoms with Crippen LogP contribution in [0.3, 0.4) is 0 Å². The number of nitrogens with one attached hydrogen (secondary N) is 2. The molecule has 1 aromatic heterocycles. The van der Waals surface area contributed by atoms with Crippen molar-refractivity contribution in [3.05, 3.63) is 34.8 Å². The second kappa shape index (κ2) is 12.4. The maximum Gasteiger partial charge on any atom is 0.273 e. The Balaban J connectivity index is 1.61. The molecule has 0 aliphatic heterocycles. The molecular formula is C27H37N5O4S. The number of aromatic nitrogens is 1. The average Bonchev–Trinajstić information content (AvgIpc) is 3.57. The van der Waals surface area contributed by atoms with E-state index in [2.05, 4.69) is 15.0 Å². The van der Waals surface area contributed by atoms with E-state index >= 15 is 0 Å². The lowest BCUT2D eigenvalue weighted by molar-refractivity contribution is -0.123. The normalized spacial score (nSPS) is 17.2. The van der Waals surface area contributed by atoms with Gasteiger partial charge in [-0.25, -0.2) is 0 Å². The Kier molecular flexibility index (Phi) is 9.02. The zero-order chi connectivity index (χ0) is 26.4. The molecule has 9 nitrogen and oxygen atoms in total. The molecule has 4 rings (SSSR count). The number of ether oxygens (including phenoxy) is 1. The van der Waals surface area contributed by atoms with Crippen molar-refractivity contribution in [2.75, 3.05) is 17.7 Å². The highest BCUT2D eigenvalue weighted by atomic mass is 32.1. The van der Waals surface area contributed by atoms with Gasteiger partial charge in [0, 0.05) is 17.8 Å². The number of carbonyl (C=O) groups excluding carboxylic acids is 3. The van der Waals surface area contributed by atoms with E-state index < -0.39 is 11.9 Å². The van der Waals surface area contributed by atoms with Crippen molar-refractivity contribution in [2.45, 2.75) is 89.3 Å². The van der Waals surface area contributed by atoms with Gasteiger partial charge in [0.15, 0.2) is 5.69 Å². The van der Waals surface area contributed by atoms with E-state index in [1.807, 2.05) is 6.92 Å². The number of hydrogen-bond donors (Lipinski definition) is 3. The molecule has 4 N–H and O–H groups in total. The molecule has 1 atom stereocenters. The number of anilines is 2. The molecule has 0 radical (unpaired) electrons. The van der Waals surface area contributed by atoms with E-state index in [1.165, 1.54) is 11.3 Å². The highest BCUT2D eigenvalue weighted by molar-refractivity contribution is 7.09. The van der Waals surface area contributed by atoms with Crippen molar-refractivity contribution in [2.24, 2.45) is 0 Å². The molecule has 37 heavy (non-hydrogen) atoms. The van der Waals surface area contributed by atoms with Crippen LogP contribution in [-0.2, 0) is 4.79 Å². The van der Waals surface area contributed by atoms with Gasteiger partial charge in [-0.2, -0.15) is 4.37 Å². The first-order valence-electron chi connectivity index (χ1n) is 13.3. The second-order valence-electron chi connectivity index (χ2n) is 9.87. The number of amides is 3.